The summed E-state index contributed by atoms with van der Waals surface area (Å²) in [7, 11) is 0. The van der Waals surface area contributed by atoms with E-state index in [9.17, 15) is 9.59 Å². The molecule has 4 unspecified atom stereocenters. The third-order valence-corrected chi connectivity index (χ3v) is 9.29. The Morgan fingerprint density at radius 1 is 0.793 bits per heavy atom. The molecular formula is C25H40N2O2. The predicted molar refractivity (Wildman–Crippen MR) is 114 cm³/mol. The first-order chi connectivity index (χ1) is 14.2. The van der Waals surface area contributed by atoms with Crippen LogP contribution in [-0.2, 0) is 9.59 Å². The summed E-state index contributed by atoms with van der Waals surface area (Å²) in [5.41, 5.74) is 0. The number of nitrogens with one attached hydrogen (secondary N) is 1. The molecule has 5 fully saturated rings. The second-order valence-electron chi connectivity index (χ2n) is 11.2. The van der Waals surface area contributed by atoms with E-state index in [4.69, 9.17) is 0 Å². The van der Waals surface area contributed by atoms with Gasteiger partial charge in [-0.25, -0.2) is 0 Å². The minimum absolute atomic E-state index is 0.117. The van der Waals surface area contributed by atoms with Crippen LogP contribution in [0.25, 0.3) is 0 Å². The van der Waals surface area contributed by atoms with Crippen LogP contribution in [0.4, 0.5) is 0 Å². The number of piperidine rings is 1. The zero-order chi connectivity index (χ0) is 19.8. The molecule has 5 atom stereocenters. The van der Waals surface area contributed by atoms with Crippen molar-refractivity contribution in [1.29, 1.82) is 0 Å². The fraction of sp³-hybridized carbons (Fsp3) is 0.920. The van der Waals surface area contributed by atoms with E-state index < -0.39 is 0 Å². The number of hydrogen-bond donors (Lipinski definition) is 1. The molecule has 0 aromatic rings. The first-order valence-electron chi connectivity index (χ1n) is 12.7. The molecule has 4 heteroatoms. The van der Waals surface area contributed by atoms with Gasteiger partial charge in [0, 0.05) is 31.5 Å². The topological polar surface area (TPSA) is 49.4 Å². The SMILES string of the molecule is O=C(NC1CCC2CC3CC1[C@H](C2)C3)C1CCN(C(=O)CC2CCCCC2)CC1. The average Bonchev–Trinajstić information content (AvgIpc) is 2.99. The second-order valence-corrected chi connectivity index (χ2v) is 11.2. The Balaban J connectivity index is 1.09. The summed E-state index contributed by atoms with van der Waals surface area (Å²) in [4.78, 5) is 27.8. The van der Waals surface area contributed by atoms with Crippen LogP contribution in [0.1, 0.15) is 89.9 Å². The smallest absolute Gasteiger partial charge is 0.223 e. The summed E-state index contributed by atoms with van der Waals surface area (Å²) >= 11 is 0. The zero-order valence-electron chi connectivity index (χ0n) is 18.1. The molecule has 1 saturated heterocycles. The van der Waals surface area contributed by atoms with Gasteiger partial charge in [0.15, 0.2) is 0 Å². The maximum atomic E-state index is 13.0. The fourth-order valence-electron chi connectivity index (χ4n) is 7.73. The van der Waals surface area contributed by atoms with Gasteiger partial charge in [-0.05, 0) is 93.8 Å². The molecular weight excluding hydrogens is 360 g/mol. The zero-order valence-corrected chi connectivity index (χ0v) is 18.1. The molecule has 2 amide bonds. The number of nitrogens with zero attached hydrogens (tertiary/aromatic N) is 1. The highest BCUT2D eigenvalue weighted by molar-refractivity contribution is 5.80. The molecule has 0 spiro atoms. The van der Waals surface area contributed by atoms with Gasteiger partial charge in [-0.15, -0.1) is 0 Å². The molecule has 1 aliphatic heterocycles. The highest BCUT2D eigenvalue weighted by Gasteiger charge is 2.46. The largest absolute Gasteiger partial charge is 0.353 e. The van der Waals surface area contributed by atoms with Gasteiger partial charge in [-0.2, -0.15) is 0 Å². The van der Waals surface area contributed by atoms with Gasteiger partial charge in [0.25, 0.3) is 0 Å². The molecule has 5 aliphatic rings. The van der Waals surface area contributed by atoms with E-state index in [1.807, 2.05) is 4.90 Å². The van der Waals surface area contributed by atoms with Crippen molar-refractivity contribution < 1.29 is 9.59 Å². The normalized spacial score (nSPS) is 38.1. The van der Waals surface area contributed by atoms with Crippen LogP contribution < -0.4 is 5.32 Å². The van der Waals surface area contributed by atoms with Gasteiger partial charge in [-0.3, -0.25) is 9.59 Å². The Morgan fingerprint density at radius 2 is 1.55 bits per heavy atom. The first-order valence-corrected chi connectivity index (χ1v) is 12.7. The van der Waals surface area contributed by atoms with Gasteiger partial charge in [0.1, 0.15) is 0 Å². The molecule has 0 radical (unpaired) electrons. The van der Waals surface area contributed by atoms with E-state index in [1.165, 1.54) is 70.6 Å². The maximum Gasteiger partial charge on any atom is 0.223 e. The molecule has 3 bridgehead atoms. The second kappa shape index (κ2) is 8.59. The third kappa shape index (κ3) is 4.37. The monoisotopic (exact) mass is 400 g/mol. The Bertz CT molecular complexity index is 606. The van der Waals surface area contributed by atoms with Crippen molar-refractivity contribution in [2.24, 2.45) is 35.5 Å². The van der Waals surface area contributed by atoms with Gasteiger partial charge in [0.05, 0.1) is 0 Å². The minimum atomic E-state index is 0.117. The lowest BCUT2D eigenvalue weighted by molar-refractivity contribution is -0.137. The molecule has 1 heterocycles. The van der Waals surface area contributed by atoms with Crippen molar-refractivity contribution in [3.05, 3.63) is 0 Å². The molecule has 4 nitrogen and oxygen atoms in total. The quantitative estimate of drug-likeness (QED) is 0.754. The summed E-state index contributed by atoms with van der Waals surface area (Å²) in [5.74, 6) is 4.86. The van der Waals surface area contributed by atoms with E-state index in [0.29, 0.717) is 17.9 Å². The lowest BCUT2D eigenvalue weighted by Crippen LogP contribution is -2.47. The van der Waals surface area contributed by atoms with Crippen LogP contribution in [0.2, 0.25) is 0 Å². The van der Waals surface area contributed by atoms with Crippen molar-refractivity contribution in [3.8, 4) is 0 Å². The summed E-state index contributed by atoms with van der Waals surface area (Å²) in [6.45, 7) is 1.56. The number of rotatable bonds is 4. The highest BCUT2D eigenvalue weighted by Crippen LogP contribution is 2.53. The molecule has 5 rings (SSSR count). The Hall–Kier alpha value is -1.06. The van der Waals surface area contributed by atoms with Gasteiger partial charge >= 0.3 is 0 Å². The first kappa shape index (κ1) is 19.9. The van der Waals surface area contributed by atoms with Crippen LogP contribution in [0.3, 0.4) is 0 Å². The number of fused-ring (bicyclic) bond motifs is 2. The van der Waals surface area contributed by atoms with E-state index >= 15 is 0 Å². The minimum Gasteiger partial charge on any atom is -0.353 e. The third-order valence-electron chi connectivity index (χ3n) is 9.29. The van der Waals surface area contributed by atoms with Gasteiger partial charge in [-0.1, -0.05) is 19.3 Å². The predicted octanol–water partition coefficient (Wildman–Crippen LogP) is 4.53. The summed E-state index contributed by atoms with van der Waals surface area (Å²) in [6, 6.07) is 0.425. The van der Waals surface area contributed by atoms with Crippen LogP contribution in [0, 0.1) is 35.5 Å². The molecule has 1 N–H and O–H groups in total. The lowest BCUT2D eigenvalue weighted by Gasteiger charge is -2.34. The summed E-state index contributed by atoms with van der Waals surface area (Å²) in [5, 5.41) is 3.51. The average molecular weight is 401 g/mol. The number of likely N-dealkylation sites (tertiary alicyclic amines) is 1. The van der Waals surface area contributed by atoms with Crippen LogP contribution in [0.5, 0.6) is 0 Å². The number of amides is 2. The van der Waals surface area contributed by atoms with E-state index in [0.717, 1.165) is 56.0 Å². The number of hydrogen-bond acceptors (Lipinski definition) is 2. The van der Waals surface area contributed by atoms with Crippen LogP contribution in [-0.4, -0.2) is 35.8 Å². The van der Waals surface area contributed by atoms with Crippen molar-refractivity contribution in [2.45, 2.75) is 95.9 Å². The Labute approximate surface area is 176 Å². The molecule has 29 heavy (non-hydrogen) atoms. The number of carbonyl (C=O) groups is 2. The lowest BCUT2D eigenvalue weighted by atomic mass is 9.80. The van der Waals surface area contributed by atoms with Crippen molar-refractivity contribution in [2.75, 3.05) is 13.1 Å². The highest BCUT2D eigenvalue weighted by atomic mass is 16.2. The maximum absolute atomic E-state index is 13.0. The van der Waals surface area contributed by atoms with Crippen molar-refractivity contribution in [3.63, 3.8) is 0 Å². The standard InChI is InChI=1S/C25H40N2O2/c28-24(16-17-4-2-1-3-5-17)27-10-8-20(9-11-27)25(29)26-23-7-6-18-12-19-14-21(13-18)22(23)15-19/h17-23H,1-16H2,(H,26,29)/t18?,19?,21-,22?,23?/m1/s1. The molecule has 0 aromatic heterocycles. The van der Waals surface area contributed by atoms with E-state index in [1.54, 1.807) is 0 Å². The summed E-state index contributed by atoms with van der Waals surface area (Å²) < 4.78 is 0. The molecule has 0 aromatic carbocycles. The molecule has 162 valence electrons. The van der Waals surface area contributed by atoms with Gasteiger partial charge in [0.2, 0.25) is 11.8 Å². The Morgan fingerprint density at radius 3 is 2.34 bits per heavy atom. The van der Waals surface area contributed by atoms with Crippen molar-refractivity contribution >= 4 is 11.8 Å². The summed E-state index contributed by atoms with van der Waals surface area (Å²) in [6.07, 6.45) is 17.0. The van der Waals surface area contributed by atoms with E-state index in [2.05, 4.69) is 5.32 Å². The Kier molecular flexibility index (Phi) is 5.89. The number of carbonyl (C=O) groups excluding carboxylic acids is 2. The fourth-order valence-corrected chi connectivity index (χ4v) is 7.73. The van der Waals surface area contributed by atoms with Crippen LogP contribution >= 0.6 is 0 Å². The van der Waals surface area contributed by atoms with Crippen molar-refractivity contribution in [1.82, 2.24) is 10.2 Å². The molecule has 4 aliphatic carbocycles. The van der Waals surface area contributed by atoms with Crippen LogP contribution in [0.15, 0.2) is 0 Å². The molecule has 4 saturated carbocycles. The van der Waals surface area contributed by atoms with Gasteiger partial charge < -0.3 is 10.2 Å². The van der Waals surface area contributed by atoms with E-state index in [-0.39, 0.29) is 11.8 Å².